The van der Waals surface area contributed by atoms with E-state index in [0.29, 0.717) is 17.6 Å². The van der Waals surface area contributed by atoms with Gasteiger partial charge in [-0.05, 0) is 30.3 Å². The third-order valence-corrected chi connectivity index (χ3v) is 9.98. The molecular formula is C45H27N5O. The first-order valence-electron chi connectivity index (χ1n) is 17.0. The van der Waals surface area contributed by atoms with Gasteiger partial charge in [-0.3, -0.25) is 4.57 Å². The first-order valence-corrected chi connectivity index (χ1v) is 17.0. The van der Waals surface area contributed by atoms with Gasteiger partial charge in [0.2, 0.25) is 5.95 Å². The predicted molar refractivity (Wildman–Crippen MR) is 207 cm³/mol. The fraction of sp³-hybridized carbons (Fsp3) is 0. The number of aromatic nitrogens is 5. The summed E-state index contributed by atoms with van der Waals surface area (Å²) in [6.07, 6.45) is 0. The first kappa shape index (κ1) is 27.9. The molecule has 0 aliphatic rings. The summed E-state index contributed by atoms with van der Waals surface area (Å²) in [4.78, 5) is 15.3. The summed E-state index contributed by atoms with van der Waals surface area (Å²) in [5.74, 6) is 1.81. The molecule has 0 aliphatic heterocycles. The van der Waals surface area contributed by atoms with E-state index in [0.717, 1.165) is 71.6 Å². The fourth-order valence-corrected chi connectivity index (χ4v) is 7.78. The highest BCUT2D eigenvalue weighted by Crippen LogP contribution is 2.43. The molecule has 0 bridgehead atoms. The van der Waals surface area contributed by atoms with E-state index in [1.165, 1.54) is 10.8 Å². The van der Waals surface area contributed by atoms with Gasteiger partial charge >= 0.3 is 0 Å². The Balaban J connectivity index is 1.28. The van der Waals surface area contributed by atoms with Crippen LogP contribution in [0.1, 0.15) is 0 Å². The van der Waals surface area contributed by atoms with Crippen molar-refractivity contribution in [2.75, 3.05) is 0 Å². The molecule has 238 valence electrons. The van der Waals surface area contributed by atoms with Crippen LogP contribution < -0.4 is 0 Å². The Morgan fingerprint density at radius 3 is 1.71 bits per heavy atom. The average molecular weight is 654 g/mol. The molecule has 6 nitrogen and oxygen atoms in total. The van der Waals surface area contributed by atoms with Crippen molar-refractivity contribution in [3.63, 3.8) is 0 Å². The molecule has 11 rings (SSSR count). The number of rotatable bonds is 4. The van der Waals surface area contributed by atoms with Crippen LogP contribution in [0.25, 0.3) is 100.0 Å². The second-order valence-electron chi connectivity index (χ2n) is 12.8. The van der Waals surface area contributed by atoms with Crippen molar-refractivity contribution in [3.8, 4) is 34.4 Å². The average Bonchev–Trinajstić information content (AvgIpc) is 3.86. The predicted octanol–water partition coefficient (Wildman–Crippen LogP) is 11.3. The van der Waals surface area contributed by atoms with Crippen molar-refractivity contribution in [2.24, 2.45) is 0 Å². The lowest BCUT2D eigenvalue weighted by Gasteiger charge is -2.11. The Bertz CT molecular complexity index is 3080. The highest BCUT2D eigenvalue weighted by Gasteiger charge is 2.24. The van der Waals surface area contributed by atoms with Gasteiger partial charge in [-0.15, -0.1) is 0 Å². The van der Waals surface area contributed by atoms with Crippen molar-refractivity contribution in [2.45, 2.75) is 0 Å². The molecular weight excluding hydrogens is 627 g/mol. The Morgan fingerprint density at radius 2 is 0.980 bits per heavy atom. The molecule has 0 saturated heterocycles. The number of nitrogens with zero attached hydrogens (tertiary/aromatic N) is 5. The van der Waals surface area contributed by atoms with E-state index in [-0.39, 0.29) is 0 Å². The second kappa shape index (κ2) is 10.7. The molecule has 4 aromatic heterocycles. The van der Waals surface area contributed by atoms with Crippen LogP contribution in [0.2, 0.25) is 0 Å². The molecule has 0 fully saturated rings. The quantitative estimate of drug-likeness (QED) is 0.190. The van der Waals surface area contributed by atoms with E-state index in [1.807, 2.05) is 72.8 Å². The molecule has 6 heteroatoms. The van der Waals surface area contributed by atoms with Gasteiger partial charge in [0.25, 0.3) is 0 Å². The van der Waals surface area contributed by atoms with Crippen molar-refractivity contribution in [1.29, 1.82) is 0 Å². The minimum atomic E-state index is 0.565. The summed E-state index contributed by atoms with van der Waals surface area (Å²) in [7, 11) is 0. The number of hydrogen-bond donors (Lipinski definition) is 0. The van der Waals surface area contributed by atoms with E-state index >= 15 is 0 Å². The number of benzene rings is 7. The maximum absolute atomic E-state index is 6.64. The molecule has 0 spiro atoms. The molecule has 0 unspecified atom stereocenters. The lowest BCUT2D eigenvalue weighted by molar-refractivity contribution is 0.666. The van der Waals surface area contributed by atoms with Gasteiger partial charge in [0.15, 0.2) is 17.2 Å². The molecule has 51 heavy (non-hydrogen) atoms. The SMILES string of the molecule is c1ccc(-c2nc(-c3ccccc3)nc(-n3c4ccccc4c4c3ccc3c5ccccc5n(-c5cccc6c5oc5ccccc56)c34)n2)cc1. The third kappa shape index (κ3) is 4.07. The summed E-state index contributed by atoms with van der Waals surface area (Å²) < 4.78 is 11.2. The molecule has 0 amide bonds. The monoisotopic (exact) mass is 653 g/mol. The minimum Gasteiger partial charge on any atom is -0.454 e. The summed E-state index contributed by atoms with van der Waals surface area (Å²) >= 11 is 0. The molecule has 0 N–H and O–H groups in total. The van der Waals surface area contributed by atoms with Crippen LogP contribution in [0, 0.1) is 0 Å². The zero-order chi connectivity index (χ0) is 33.5. The van der Waals surface area contributed by atoms with Crippen LogP contribution in [-0.4, -0.2) is 24.1 Å². The molecule has 7 aromatic carbocycles. The minimum absolute atomic E-state index is 0.565. The zero-order valence-electron chi connectivity index (χ0n) is 27.2. The van der Waals surface area contributed by atoms with Gasteiger partial charge in [0.05, 0.1) is 27.8 Å². The van der Waals surface area contributed by atoms with Crippen LogP contribution in [0.15, 0.2) is 168 Å². The Labute approximate surface area is 291 Å². The second-order valence-corrected chi connectivity index (χ2v) is 12.8. The molecule has 0 radical (unpaired) electrons. The van der Waals surface area contributed by atoms with Crippen LogP contribution in [-0.2, 0) is 0 Å². The van der Waals surface area contributed by atoms with Gasteiger partial charge < -0.3 is 8.98 Å². The largest absolute Gasteiger partial charge is 0.454 e. The molecule has 0 atom stereocenters. The van der Waals surface area contributed by atoms with Gasteiger partial charge in [0.1, 0.15) is 5.58 Å². The van der Waals surface area contributed by atoms with Gasteiger partial charge in [-0.1, -0.05) is 133 Å². The van der Waals surface area contributed by atoms with Crippen molar-refractivity contribution in [1.82, 2.24) is 24.1 Å². The lowest BCUT2D eigenvalue weighted by atomic mass is 10.1. The first-order chi connectivity index (χ1) is 25.3. The summed E-state index contributed by atoms with van der Waals surface area (Å²) in [6.45, 7) is 0. The summed E-state index contributed by atoms with van der Waals surface area (Å²) in [5.41, 5.74) is 8.84. The number of furan rings is 1. The summed E-state index contributed by atoms with van der Waals surface area (Å²) in [6, 6.07) is 56.6. The maximum Gasteiger partial charge on any atom is 0.238 e. The molecule has 11 aromatic rings. The number of fused-ring (bicyclic) bond motifs is 10. The van der Waals surface area contributed by atoms with Crippen LogP contribution in [0.5, 0.6) is 0 Å². The standard InChI is InChI=1S/C45H27N5O/c1-3-14-28(15-4-1)43-46-44(29-16-5-2-6-17-29)48-45(47-43)50-36-23-11-8-20-34(36)40-37(50)27-26-32-30-18-7-10-22-35(30)49(41(32)40)38-24-13-21-33-31-19-9-12-25-39(31)51-42(33)38/h1-27H. The van der Waals surface area contributed by atoms with Gasteiger partial charge in [0, 0.05) is 43.4 Å². The lowest BCUT2D eigenvalue weighted by Crippen LogP contribution is -2.06. The Morgan fingerprint density at radius 1 is 0.392 bits per heavy atom. The summed E-state index contributed by atoms with van der Waals surface area (Å²) in [5, 5.41) is 6.78. The van der Waals surface area contributed by atoms with Gasteiger partial charge in [-0.2, -0.15) is 9.97 Å². The van der Waals surface area contributed by atoms with Crippen LogP contribution in [0.3, 0.4) is 0 Å². The van der Waals surface area contributed by atoms with E-state index in [2.05, 4.69) is 100 Å². The van der Waals surface area contributed by atoms with Crippen LogP contribution in [0.4, 0.5) is 0 Å². The van der Waals surface area contributed by atoms with E-state index in [9.17, 15) is 0 Å². The molecule has 0 saturated carbocycles. The van der Waals surface area contributed by atoms with Crippen LogP contribution >= 0.6 is 0 Å². The fourth-order valence-electron chi connectivity index (χ4n) is 7.78. The van der Waals surface area contributed by atoms with E-state index in [4.69, 9.17) is 19.4 Å². The number of para-hydroxylation sites is 4. The topological polar surface area (TPSA) is 61.7 Å². The normalized spacial score (nSPS) is 11.9. The zero-order valence-corrected chi connectivity index (χ0v) is 27.2. The van der Waals surface area contributed by atoms with Crippen molar-refractivity contribution < 1.29 is 4.42 Å². The third-order valence-electron chi connectivity index (χ3n) is 9.98. The number of hydrogen-bond acceptors (Lipinski definition) is 4. The molecule has 0 aliphatic carbocycles. The highest BCUT2D eigenvalue weighted by atomic mass is 16.3. The smallest absolute Gasteiger partial charge is 0.238 e. The van der Waals surface area contributed by atoms with Crippen molar-refractivity contribution >= 4 is 65.6 Å². The molecule has 4 heterocycles. The Kier molecular flexibility index (Phi) is 5.86. The van der Waals surface area contributed by atoms with Crippen molar-refractivity contribution in [3.05, 3.63) is 164 Å². The van der Waals surface area contributed by atoms with E-state index < -0.39 is 0 Å². The maximum atomic E-state index is 6.64. The van der Waals surface area contributed by atoms with E-state index in [1.54, 1.807) is 0 Å². The van der Waals surface area contributed by atoms with Gasteiger partial charge in [-0.25, -0.2) is 4.98 Å². The Hall–Kier alpha value is -7.05. The highest BCUT2D eigenvalue weighted by molar-refractivity contribution is 6.26.